The van der Waals surface area contributed by atoms with Gasteiger partial charge in [0, 0.05) is 4.75 Å². The van der Waals surface area contributed by atoms with Gasteiger partial charge < -0.3 is 0 Å². The second-order valence-corrected chi connectivity index (χ2v) is 7.55. The first-order chi connectivity index (χ1) is 5.66. The molecule has 1 saturated carbocycles. The van der Waals surface area contributed by atoms with Gasteiger partial charge in [0.05, 0.1) is 0 Å². The SMILES string of the molecule is CC(C)(C)CC1(C(C)(C)S)CCC1. The lowest BCUT2D eigenvalue weighted by molar-refractivity contribution is 0.0380. The summed E-state index contributed by atoms with van der Waals surface area (Å²) in [5.41, 5.74) is 0.953. The maximum absolute atomic E-state index is 4.78. The van der Waals surface area contributed by atoms with E-state index in [4.69, 9.17) is 12.6 Å². The fourth-order valence-electron chi connectivity index (χ4n) is 2.62. The predicted octanol–water partition coefficient (Wildman–Crippen LogP) is 4.30. The number of hydrogen-bond donors (Lipinski definition) is 1. The van der Waals surface area contributed by atoms with E-state index in [1.165, 1.54) is 25.7 Å². The molecule has 0 nitrogen and oxygen atoms in total. The monoisotopic (exact) mass is 200 g/mol. The van der Waals surface area contributed by atoms with Crippen molar-refractivity contribution < 1.29 is 0 Å². The summed E-state index contributed by atoms with van der Waals surface area (Å²) >= 11 is 4.78. The first-order valence-electron chi connectivity index (χ1n) is 5.39. The van der Waals surface area contributed by atoms with E-state index in [2.05, 4.69) is 34.6 Å². The molecule has 0 aromatic rings. The van der Waals surface area contributed by atoms with E-state index >= 15 is 0 Å². The van der Waals surface area contributed by atoms with Crippen LogP contribution in [0.5, 0.6) is 0 Å². The molecule has 0 bridgehead atoms. The molecule has 78 valence electrons. The number of rotatable bonds is 2. The van der Waals surface area contributed by atoms with Crippen LogP contribution in [0.1, 0.15) is 60.3 Å². The molecule has 0 heterocycles. The zero-order valence-electron chi connectivity index (χ0n) is 9.78. The van der Waals surface area contributed by atoms with Gasteiger partial charge in [-0.3, -0.25) is 0 Å². The van der Waals surface area contributed by atoms with Crippen LogP contribution in [0.4, 0.5) is 0 Å². The fraction of sp³-hybridized carbons (Fsp3) is 1.00. The van der Waals surface area contributed by atoms with Crippen molar-refractivity contribution in [3.63, 3.8) is 0 Å². The average molecular weight is 200 g/mol. The molecule has 0 saturated heterocycles. The van der Waals surface area contributed by atoms with E-state index in [1.807, 2.05) is 0 Å². The molecule has 0 N–H and O–H groups in total. The smallest absolute Gasteiger partial charge is 0.0130 e. The Labute approximate surface area is 88.9 Å². The van der Waals surface area contributed by atoms with Gasteiger partial charge >= 0.3 is 0 Å². The Morgan fingerprint density at radius 2 is 1.54 bits per heavy atom. The van der Waals surface area contributed by atoms with Crippen molar-refractivity contribution in [1.29, 1.82) is 0 Å². The highest BCUT2D eigenvalue weighted by atomic mass is 32.1. The summed E-state index contributed by atoms with van der Waals surface area (Å²) in [7, 11) is 0. The summed E-state index contributed by atoms with van der Waals surface area (Å²) in [6, 6.07) is 0. The Morgan fingerprint density at radius 3 is 1.62 bits per heavy atom. The van der Waals surface area contributed by atoms with Crippen molar-refractivity contribution in [2.24, 2.45) is 10.8 Å². The van der Waals surface area contributed by atoms with Gasteiger partial charge in [0.1, 0.15) is 0 Å². The summed E-state index contributed by atoms with van der Waals surface area (Å²) in [6.07, 6.45) is 5.47. The molecule has 1 rings (SSSR count). The number of hydrogen-bond acceptors (Lipinski definition) is 1. The minimum absolute atomic E-state index is 0.193. The van der Waals surface area contributed by atoms with E-state index in [0.717, 1.165) is 0 Å². The van der Waals surface area contributed by atoms with Gasteiger partial charge in [-0.05, 0) is 30.1 Å². The van der Waals surface area contributed by atoms with Gasteiger partial charge in [-0.25, -0.2) is 0 Å². The van der Waals surface area contributed by atoms with Gasteiger partial charge in [0.2, 0.25) is 0 Å². The summed E-state index contributed by atoms with van der Waals surface area (Å²) in [5, 5.41) is 0. The molecule has 1 aliphatic rings. The average Bonchev–Trinajstić information content (AvgIpc) is 1.73. The highest BCUT2D eigenvalue weighted by Crippen LogP contribution is 2.57. The van der Waals surface area contributed by atoms with Gasteiger partial charge in [0.15, 0.2) is 0 Å². The van der Waals surface area contributed by atoms with Gasteiger partial charge in [0.25, 0.3) is 0 Å². The van der Waals surface area contributed by atoms with Crippen LogP contribution in [0.3, 0.4) is 0 Å². The quantitative estimate of drug-likeness (QED) is 0.631. The first-order valence-corrected chi connectivity index (χ1v) is 5.84. The van der Waals surface area contributed by atoms with E-state index < -0.39 is 0 Å². The van der Waals surface area contributed by atoms with Gasteiger partial charge in [-0.15, -0.1) is 0 Å². The Balaban J connectivity index is 2.72. The van der Waals surface area contributed by atoms with Crippen LogP contribution in [0.25, 0.3) is 0 Å². The molecule has 1 fully saturated rings. The maximum Gasteiger partial charge on any atom is 0.0130 e. The van der Waals surface area contributed by atoms with Crippen LogP contribution in [0, 0.1) is 10.8 Å². The first kappa shape index (κ1) is 11.4. The summed E-state index contributed by atoms with van der Waals surface area (Å²) < 4.78 is 0.193. The summed E-state index contributed by atoms with van der Waals surface area (Å²) in [5.74, 6) is 0. The molecule has 0 aromatic carbocycles. The second-order valence-electron chi connectivity index (χ2n) is 6.43. The van der Waals surface area contributed by atoms with Crippen molar-refractivity contribution in [2.45, 2.75) is 65.0 Å². The van der Waals surface area contributed by atoms with Crippen LogP contribution in [0.2, 0.25) is 0 Å². The van der Waals surface area contributed by atoms with Crippen molar-refractivity contribution in [2.75, 3.05) is 0 Å². The lowest BCUT2D eigenvalue weighted by Crippen LogP contribution is -2.47. The molecule has 0 unspecified atom stereocenters. The van der Waals surface area contributed by atoms with Crippen LogP contribution >= 0.6 is 12.6 Å². The van der Waals surface area contributed by atoms with Crippen LogP contribution in [-0.4, -0.2) is 4.75 Å². The van der Waals surface area contributed by atoms with Crippen molar-refractivity contribution in [3.05, 3.63) is 0 Å². The van der Waals surface area contributed by atoms with Crippen molar-refractivity contribution in [1.82, 2.24) is 0 Å². The van der Waals surface area contributed by atoms with E-state index in [-0.39, 0.29) is 4.75 Å². The standard InChI is InChI=1S/C12H24S/c1-10(2,3)9-12(7-6-8-12)11(4,5)13/h13H,6-9H2,1-5H3. The highest BCUT2D eigenvalue weighted by molar-refractivity contribution is 7.81. The maximum atomic E-state index is 4.78. The molecule has 0 aromatic heterocycles. The Hall–Kier alpha value is 0.350. The molecule has 0 aliphatic heterocycles. The molecule has 0 atom stereocenters. The predicted molar refractivity (Wildman–Crippen MR) is 63.4 cm³/mol. The number of thiol groups is 1. The summed E-state index contributed by atoms with van der Waals surface area (Å²) in [4.78, 5) is 0. The molecule has 0 amide bonds. The van der Waals surface area contributed by atoms with E-state index in [0.29, 0.717) is 10.8 Å². The zero-order chi connectivity index (χ0) is 10.3. The minimum Gasteiger partial charge on any atom is -0.172 e. The Bertz CT molecular complexity index is 176. The third-order valence-electron chi connectivity index (χ3n) is 3.48. The van der Waals surface area contributed by atoms with E-state index in [9.17, 15) is 0 Å². The Kier molecular flexibility index (Phi) is 2.80. The van der Waals surface area contributed by atoms with E-state index in [1.54, 1.807) is 0 Å². The van der Waals surface area contributed by atoms with Crippen LogP contribution < -0.4 is 0 Å². The molecule has 0 radical (unpaired) electrons. The van der Waals surface area contributed by atoms with Crippen molar-refractivity contribution >= 4 is 12.6 Å². The van der Waals surface area contributed by atoms with Crippen LogP contribution in [0.15, 0.2) is 0 Å². The second kappa shape index (κ2) is 3.18. The Morgan fingerprint density at radius 1 is 1.08 bits per heavy atom. The molecular weight excluding hydrogens is 176 g/mol. The zero-order valence-corrected chi connectivity index (χ0v) is 10.7. The van der Waals surface area contributed by atoms with Crippen LogP contribution in [-0.2, 0) is 0 Å². The van der Waals surface area contributed by atoms with Crippen molar-refractivity contribution in [3.8, 4) is 0 Å². The molecule has 1 aliphatic carbocycles. The topological polar surface area (TPSA) is 0 Å². The third kappa shape index (κ3) is 2.43. The third-order valence-corrected chi connectivity index (χ3v) is 3.95. The molecular formula is C12H24S. The molecule has 0 spiro atoms. The minimum atomic E-state index is 0.193. The lowest BCUT2D eigenvalue weighted by Gasteiger charge is -2.54. The molecule has 1 heteroatoms. The molecule has 13 heavy (non-hydrogen) atoms. The largest absolute Gasteiger partial charge is 0.172 e. The fourth-order valence-corrected chi connectivity index (χ4v) is 2.93. The highest BCUT2D eigenvalue weighted by Gasteiger charge is 2.48. The van der Waals surface area contributed by atoms with Gasteiger partial charge in [-0.2, -0.15) is 12.6 Å². The van der Waals surface area contributed by atoms with Gasteiger partial charge in [-0.1, -0.05) is 41.0 Å². The summed E-state index contributed by atoms with van der Waals surface area (Å²) in [6.45, 7) is 11.6. The normalized spacial score (nSPS) is 22.6. The lowest BCUT2D eigenvalue weighted by atomic mass is 9.56.